The SMILES string of the molecule is C.C.C.C.C.COC(=O)[C@@H]1[C@H]2C[C@@H](OC)c3[nH]c4ccccc4c3CCN(C#N)C[C@@H]2CC[C@@H]1O.O. The van der Waals surface area contributed by atoms with E-state index in [1.165, 1.54) is 7.11 Å². The zero-order valence-electron chi connectivity index (χ0n) is 18.0. The van der Waals surface area contributed by atoms with Crippen molar-refractivity contribution in [3.63, 3.8) is 0 Å². The Labute approximate surface area is 218 Å². The molecule has 2 heterocycles. The van der Waals surface area contributed by atoms with Gasteiger partial charge in [0.1, 0.15) is 0 Å². The van der Waals surface area contributed by atoms with Crippen molar-refractivity contribution in [2.45, 2.75) is 75.0 Å². The molecule has 8 nitrogen and oxygen atoms in total. The van der Waals surface area contributed by atoms with Gasteiger partial charge in [0, 0.05) is 36.8 Å². The van der Waals surface area contributed by atoms with Gasteiger partial charge in [-0.25, -0.2) is 0 Å². The van der Waals surface area contributed by atoms with E-state index in [-0.39, 0.29) is 66.5 Å². The third kappa shape index (κ3) is 7.00. The first-order chi connectivity index (χ1) is 14.6. The number of aliphatic hydroxyl groups is 1. The number of rotatable bonds is 2. The maximum atomic E-state index is 12.6. The van der Waals surface area contributed by atoms with Crippen molar-refractivity contribution in [1.29, 1.82) is 5.26 Å². The number of hydrogen-bond acceptors (Lipinski definition) is 6. The first-order valence-electron chi connectivity index (χ1n) is 10.6. The number of methoxy groups -OCH3 is 2. The van der Waals surface area contributed by atoms with E-state index in [9.17, 15) is 15.2 Å². The highest BCUT2D eigenvalue weighted by molar-refractivity contribution is 5.84. The molecule has 1 aromatic carbocycles. The summed E-state index contributed by atoms with van der Waals surface area (Å²) in [5.74, 6) is -1.02. The number of nitrogens with zero attached hydrogens (tertiary/aromatic N) is 2. The number of nitriles is 1. The number of esters is 1. The summed E-state index contributed by atoms with van der Waals surface area (Å²) in [6.07, 6.45) is 3.99. The summed E-state index contributed by atoms with van der Waals surface area (Å²) in [6.45, 7) is 1.19. The van der Waals surface area contributed by atoms with Crippen LogP contribution in [-0.2, 0) is 20.7 Å². The molecule has 1 fully saturated rings. The normalized spacial score (nSPS) is 24.6. The van der Waals surface area contributed by atoms with Crippen LogP contribution in [0.4, 0.5) is 0 Å². The van der Waals surface area contributed by atoms with Gasteiger partial charge in [0.15, 0.2) is 6.19 Å². The first kappa shape index (κ1) is 37.9. The van der Waals surface area contributed by atoms with E-state index in [2.05, 4.69) is 17.2 Å². The molecule has 1 aromatic heterocycles. The third-order valence-electron chi connectivity index (χ3n) is 6.96. The number of aromatic nitrogens is 1. The predicted molar refractivity (Wildman–Crippen MR) is 149 cm³/mol. The molecule has 2 aliphatic rings. The van der Waals surface area contributed by atoms with Crippen molar-refractivity contribution >= 4 is 16.9 Å². The fraction of sp³-hybridized carbons (Fsp3) is 0.643. The summed E-state index contributed by atoms with van der Waals surface area (Å²) >= 11 is 0. The highest BCUT2D eigenvalue weighted by Gasteiger charge is 2.45. The molecule has 1 aliphatic heterocycles. The molecular formula is C28H51N3O5. The third-order valence-corrected chi connectivity index (χ3v) is 6.96. The van der Waals surface area contributed by atoms with Gasteiger partial charge in [-0.05, 0) is 49.1 Å². The second kappa shape index (κ2) is 16.2. The van der Waals surface area contributed by atoms with Crippen molar-refractivity contribution in [1.82, 2.24) is 9.88 Å². The molecule has 208 valence electrons. The number of carbonyl (C=O) groups excluding carboxylic acids is 1. The molecule has 0 radical (unpaired) electrons. The van der Waals surface area contributed by atoms with Gasteiger partial charge in [0.2, 0.25) is 0 Å². The van der Waals surface area contributed by atoms with E-state index in [4.69, 9.17) is 9.47 Å². The van der Waals surface area contributed by atoms with Crippen LogP contribution in [0.1, 0.15) is 73.8 Å². The monoisotopic (exact) mass is 509 g/mol. The fourth-order valence-corrected chi connectivity index (χ4v) is 5.45. The molecule has 0 saturated heterocycles. The molecule has 1 aliphatic carbocycles. The standard InChI is InChI=1S/C23H29N3O4.5CH4.H2O/c1-29-20-11-17-14(7-8-19(27)21(17)23(28)30-2)12-26(13-24)10-9-16-15-5-3-4-6-18(15)25-22(16)20;;;;;;/h3-6,14,17,19-21,25,27H,7-12H2,1-2H3;5*1H4;1H2/t14-,17-,19-,20+,21+;;;;;;/m0....../s1. The Morgan fingerprint density at radius 3 is 2.42 bits per heavy atom. The quantitative estimate of drug-likeness (QED) is 0.427. The molecule has 4 rings (SSSR count). The molecule has 0 spiro atoms. The summed E-state index contributed by atoms with van der Waals surface area (Å²) in [4.78, 5) is 17.9. The van der Waals surface area contributed by atoms with E-state index in [0.29, 0.717) is 25.9 Å². The van der Waals surface area contributed by atoms with E-state index < -0.39 is 12.0 Å². The van der Waals surface area contributed by atoms with Gasteiger partial charge in [-0.3, -0.25) is 4.79 Å². The highest BCUT2D eigenvalue weighted by atomic mass is 16.5. The van der Waals surface area contributed by atoms with Gasteiger partial charge in [0.25, 0.3) is 0 Å². The lowest BCUT2D eigenvalue weighted by Gasteiger charge is -2.42. The Hall–Kier alpha value is -2.60. The van der Waals surface area contributed by atoms with Crippen molar-refractivity contribution < 1.29 is 24.9 Å². The molecule has 8 heteroatoms. The van der Waals surface area contributed by atoms with E-state index in [1.807, 2.05) is 18.2 Å². The van der Waals surface area contributed by atoms with Crippen LogP contribution in [0, 0.1) is 29.2 Å². The Morgan fingerprint density at radius 2 is 1.81 bits per heavy atom. The lowest BCUT2D eigenvalue weighted by molar-refractivity contribution is -0.158. The smallest absolute Gasteiger partial charge is 0.311 e. The molecule has 5 atom stereocenters. The molecular weight excluding hydrogens is 458 g/mol. The maximum Gasteiger partial charge on any atom is 0.311 e. The van der Waals surface area contributed by atoms with Crippen LogP contribution < -0.4 is 0 Å². The minimum Gasteiger partial charge on any atom is -0.469 e. The lowest BCUT2D eigenvalue weighted by atomic mass is 9.67. The van der Waals surface area contributed by atoms with Crippen molar-refractivity contribution in [3.8, 4) is 6.19 Å². The molecule has 0 unspecified atom stereocenters. The number of carbonyl (C=O) groups is 1. The second-order valence-electron chi connectivity index (χ2n) is 8.44. The molecule has 0 amide bonds. The van der Waals surface area contributed by atoms with Crippen LogP contribution in [0.2, 0.25) is 0 Å². The first-order valence-corrected chi connectivity index (χ1v) is 10.6. The van der Waals surface area contributed by atoms with Gasteiger partial charge >= 0.3 is 5.97 Å². The largest absolute Gasteiger partial charge is 0.469 e. The number of fused-ring (bicyclic) bond motifs is 4. The number of hydrogen-bond donors (Lipinski definition) is 2. The Kier molecular flexibility index (Phi) is 17.1. The number of ether oxygens (including phenoxy) is 2. The van der Waals surface area contributed by atoms with Gasteiger partial charge in [-0.15, -0.1) is 0 Å². The average molecular weight is 510 g/mol. The van der Waals surface area contributed by atoms with Crippen LogP contribution in [0.25, 0.3) is 10.9 Å². The van der Waals surface area contributed by atoms with Gasteiger partial charge in [-0.1, -0.05) is 55.3 Å². The summed E-state index contributed by atoms with van der Waals surface area (Å²) in [6, 6.07) is 8.14. The van der Waals surface area contributed by atoms with Gasteiger partial charge < -0.3 is 29.9 Å². The summed E-state index contributed by atoms with van der Waals surface area (Å²) in [5.41, 5.74) is 3.19. The minimum atomic E-state index is -0.739. The molecule has 1 saturated carbocycles. The summed E-state index contributed by atoms with van der Waals surface area (Å²) < 4.78 is 11.0. The second-order valence-corrected chi connectivity index (χ2v) is 8.44. The van der Waals surface area contributed by atoms with E-state index >= 15 is 0 Å². The summed E-state index contributed by atoms with van der Waals surface area (Å²) in [5, 5.41) is 21.5. The van der Waals surface area contributed by atoms with Crippen molar-refractivity contribution in [3.05, 3.63) is 35.5 Å². The Morgan fingerprint density at radius 1 is 1.14 bits per heavy atom. The molecule has 36 heavy (non-hydrogen) atoms. The zero-order valence-corrected chi connectivity index (χ0v) is 18.0. The van der Waals surface area contributed by atoms with Crippen molar-refractivity contribution in [2.75, 3.05) is 27.3 Å². The maximum absolute atomic E-state index is 12.6. The number of para-hydroxylation sites is 1. The summed E-state index contributed by atoms with van der Waals surface area (Å²) in [7, 11) is 3.05. The Balaban J connectivity index is -0.00000181. The van der Waals surface area contributed by atoms with Crippen LogP contribution in [-0.4, -0.2) is 59.8 Å². The number of H-pyrrole nitrogens is 1. The minimum absolute atomic E-state index is 0. The molecule has 0 bridgehead atoms. The van der Waals surface area contributed by atoms with Crippen LogP contribution in [0.15, 0.2) is 24.3 Å². The lowest BCUT2D eigenvalue weighted by Crippen LogP contribution is -2.47. The number of benzene rings is 1. The van der Waals surface area contributed by atoms with Crippen LogP contribution in [0.3, 0.4) is 0 Å². The van der Waals surface area contributed by atoms with E-state index in [0.717, 1.165) is 35.0 Å². The van der Waals surface area contributed by atoms with Gasteiger partial charge in [0.05, 0.1) is 25.2 Å². The average Bonchev–Trinajstić information content (AvgIpc) is 3.14. The molecule has 2 aromatic rings. The predicted octanol–water partition coefficient (Wildman–Crippen LogP) is 5.12. The van der Waals surface area contributed by atoms with Crippen molar-refractivity contribution in [2.24, 2.45) is 17.8 Å². The number of nitrogens with one attached hydrogen (secondary N) is 1. The van der Waals surface area contributed by atoms with E-state index in [1.54, 1.807) is 12.0 Å². The fourth-order valence-electron chi connectivity index (χ4n) is 5.45. The molecule has 4 N–H and O–H groups in total. The Bertz CT molecular complexity index is 954. The van der Waals surface area contributed by atoms with Crippen LogP contribution in [0.5, 0.6) is 0 Å². The zero-order chi connectivity index (χ0) is 21.3. The van der Waals surface area contributed by atoms with Crippen LogP contribution >= 0.6 is 0 Å². The topological polar surface area (TPSA) is 130 Å². The number of aromatic amines is 1. The highest BCUT2D eigenvalue weighted by Crippen LogP contribution is 2.44. The van der Waals surface area contributed by atoms with Gasteiger partial charge in [-0.2, -0.15) is 5.26 Å². The number of aliphatic hydroxyl groups excluding tert-OH is 1.